The predicted molar refractivity (Wildman–Crippen MR) is 51.6 cm³/mol. The van der Waals surface area contributed by atoms with Gasteiger partial charge >= 0.3 is 0 Å². The van der Waals surface area contributed by atoms with Crippen molar-refractivity contribution in [3.05, 3.63) is 0 Å². The highest BCUT2D eigenvalue weighted by molar-refractivity contribution is 4.50. The zero-order valence-corrected chi connectivity index (χ0v) is 8.58. The van der Waals surface area contributed by atoms with Crippen LogP contribution in [0.4, 0.5) is 0 Å². The quantitative estimate of drug-likeness (QED) is 0.408. The van der Waals surface area contributed by atoms with Crippen molar-refractivity contribution in [1.29, 1.82) is 0 Å². The largest absolute Gasteiger partial charge is 0.382 e. The van der Waals surface area contributed by atoms with Crippen molar-refractivity contribution in [3.63, 3.8) is 0 Å². The number of nitrogens with one attached hydrogen (secondary N) is 1. The first-order valence-electron chi connectivity index (χ1n) is 4.79. The van der Waals surface area contributed by atoms with E-state index in [0.717, 1.165) is 19.4 Å². The summed E-state index contributed by atoms with van der Waals surface area (Å²) in [5, 5.41) is 12.2. The van der Waals surface area contributed by atoms with Crippen LogP contribution in [-0.2, 0) is 9.47 Å². The van der Waals surface area contributed by atoms with E-state index in [-0.39, 0.29) is 0 Å². The molecule has 0 radical (unpaired) electrons. The molecule has 0 aromatic heterocycles. The molecule has 2 N–H and O–H groups in total. The average molecular weight is 191 g/mol. The number of aliphatic hydroxyl groups is 1. The fraction of sp³-hybridized carbons (Fsp3) is 1.00. The highest BCUT2D eigenvalue weighted by atomic mass is 16.5. The van der Waals surface area contributed by atoms with Crippen LogP contribution in [0.2, 0.25) is 0 Å². The first-order valence-corrected chi connectivity index (χ1v) is 4.79. The van der Waals surface area contributed by atoms with Crippen molar-refractivity contribution in [2.45, 2.75) is 26.0 Å². The second-order valence-corrected chi connectivity index (χ2v) is 2.82. The molecule has 0 aromatic carbocycles. The van der Waals surface area contributed by atoms with E-state index in [1.165, 1.54) is 0 Å². The first kappa shape index (κ1) is 12.8. The smallest absolute Gasteiger partial charge is 0.104 e. The van der Waals surface area contributed by atoms with Gasteiger partial charge in [0.2, 0.25) is 0 Å². The highest BCUT2D eigenvalue weighted by Gasteiger charge is 1.99. The average Bonchev–Trinajstić information content (AvgIpc) is 2.11. The van der Waals surface area contributed by atoms with Crippen molar-refractivity contribution in [2.24, 2.45) is 0 Å². The Morgan fingerprint density at radius 2 is 2.08 bits per heavy atom. The van der Waals surface area contributed by atoms with Gasteiger partial charge in [-0.2, -0.15) is 0 Å². The zero-order chi connectivity index (χ0) is 9.94. The van der Waals surface area contributed by atoms with Gasteiger partial charge < -0.3 is 14.6 Å². The fourth-order valence-corrected chi connectivity index (χ4v) is 0.961. The molecule has 0 saturated carbocycles. The Morgan fingerprint density at radius 1 is 1.31 bits per heavy atom. The lowest BCUT2D eigenvalue weighted by Gasteiger charge is -2.10. The lowest BCUT2D eigenvalue weighted by molar-refractivity contribution is 0.0580. The third kappa shape index (κ3) is 9.76. The summed E-state index contributed by atoms with van der Waals surface area (Å²) in [6.07, 6.45) is 1.22. The third-order valence-corrected chi connectivity index (χ3v) is 1.64. The minimum atomic E-state index is -0.393. The van der Waals surface area contributed by atoms with Crippen LogP contribution < -0.4 is 5.32 Å². The van der Waals surface area contributed by atoms with Crippen LogP contribution in [0.5, 0.6) is 0 Å². The van der Waals surface area contributed by atoms with E-state index in [9.17, 15) is 5.11 Å². The molecule has 1 atom stereocenters. The first-order chi connectivity index (χ1) is 6.31. The molecule has 0 aliphatic rings. The van der Waals surface area contributed by atoms with E-state index in [4.69, 9.17) is 9.47 Å². The fourth-order valence-electron chi connectivity index (χ4n) is 0.961. The van der Waals surface area contributed by atoms with Crippen LogP contribution in [0.1, 0.15) is 19.8 Å². The molecule has 0 amide bonds. The Morgan fingerprint density at radius 3 is 2.69 bits per heavy atom. The molecule has 0 spiro atoms. The number of hydrogen-bond acceptors (Lipinski definition) is 4. The van der Waals surface area contributed by atoms with Gasteiger partial charge in [0.25, 0.3) is 0 Å². The van der Waals surface area contributed by atoms with Crippen molar-refractivity contribution in [3.8, 4) is 0 Å². The van der Waals surface area contributed by atoms with Gasteiger partial charge in [-0.15, -0.1) is 0 Å². The van der Waals surface area contributed by atoms with Crippen molar-refractivity contribution in [1.82, 2.24) is 5.32 Å². The summed E-state index contributed by atoms with van der Waals surface area (Å²) >= 11 is 0. The summed E-state index contributed by atoms with van der Waals surface area (Å²) in [6, 6.07) is 0. The number of hydrogen-bond donors (Lipinski definition) is 2. The maximum atomic E-state index is 9.26. The van der Waals surface area contributed by atoms with Gasteiger partial charge in [0.1, 0.15) is 6.23 Å². The predicted octanol–water partition coefficient (Wildman–Crippen LogP) is 0.357. The van der Waals surface area contributed by atoms with E-state index in [1.54, 1.807) is 7.11 Å². The molecule has 0 rings (SSSR count). The van der Waals surface area contributed by atoms with Gasteiger partial charge in [0, 0.05) is 13.7 Å². The molecular weight excluding hydrogens is 170 g/mol. The maximum absolute atomic E-state index is 9.26. The Hall–Kier alpha value is -0.160. The number of rotatable bonds is 9. The van der Waals surface area contributed by atoms with Gasteiger partial charge in [-0.05, 0) is 19.4 Å². The minimum Gasteiger partial charge on any atom is -0.382 e. The molecule has 4 nitrogen and oxygen atoms in total. The van der Waals surface area contributed by atoms with Crippen molar-refractivity contribution < 1.29 is 14.6 Å². The summed E-state index contributed by atoms with van der Waals surface area (Å²) in [7, 11) is 1.65. The van der Waals surface area contributed by atoms with Gasteiger partial charge in [0.05, 0.1) is 13.2 Å². The van der Waals surface area contributed by atoms with Gasteiger partial charge in [-0.1, -0.05) is 6.92 Å². The molecule has 0 bridgehead atoms. The summed E-state index contributed by atoms with van der Waals surface area (Å²) < 4.78 is 10.1. The number of methoxy groups -OCH3 is 1. The second-order valence-electron chi connectivity index (χ2n) is 2.82. The van der Waals surface area contributed by atoms with E-state index in [2.05, 4.69) is 5.32 Å². The molecular formula is C9H21NO3. The van der Waals surface area contributed by atoms with E-state index >= 15 is 0 Å². The highest BCUT2D eigenvalue weighted by Crippen LogP contribution is 1.94. The van der Waals surface area contributed by atoms with E-state index in [1.807, 2.05) is 6.92 Å². The molecule has 13 heavy (non-hydrogen) atoms. The molecule has 80 valence electrons. The summed E-state index contributed by atoms with van der Waals surface area (Å²) in [4.78, 5) is 0. The molecule has 0 aliphatic carbocycles. The van der Waals surface area contributed by atoms with Crippen LogP contribution in [0, 0.1) is 0 Å². The monoisotopic (exact) mass is 191 g/mol. The maximum Gasteiger partial charge on any atom is 0.104 e. The Kier molecular flexibility index (Phi) is 9.80. The minimum absolute atomic E-state index is 0.393. The molecule has 0 saturated heterocycles. The SMILES string of the molecule is CCNC(O)CCCOCCOC. The van der Waals surface area contributed by atoms with E-state index in [0.29, 0.717) is 19.8 Å². The number of aliphatic hydroxyl groups excluding tert-OH is 1. The van der Waals surface area contributed by atoms with Crippen molar-refractivity contribution in [2.75, 3.05) is 33.5 Å². The second kappa shape index (κ2) is 9.92. The molecule has 0 aromatic rings. The lowest BCUT2D eigenvalue weighted by atomic mass is 10.3. The van der Waals surface area contributed by atoms with Crippen molar-refractivity contribution >= 4 is 0 Å². The van der Waals surface area contributed by atoms with Gasteiger partial charge in [-0.25, -0.2) is 0 Å². The van der Waals surface area contributed by atoms with Gasteiger partial charge in [-0.3, -0.25) is 5.32 Å². The molecule has 0 aliphatic heterocycles. The van der Waals surface area contributed by atoms with E-state index < -0.39 is 6.23 Å². The molecule has 1 unspecified atom stereocenters. The summed E-state index contributed by atoms with van der Waals surface area (Å²) in [6.45, 7) is 4.72. The number of ether oxygens (including phenoxy) is 2. The van der Waals surface area contributed by atoms with Crippen LogP contribution in [0.25, 0.3) is 0 Å². The Bertz CT molecular complexity index is 101. The normalized spacial score (nSPS) is 13.2. The molecule has 0 heterocycles. The van der Waals surface area contributed by atoms with Crippen LogP contribution in [0.15, 0.2) is 0 Å². The van der Waals surface area contributed by atoms with Crippen LogP contribution in [-0.4, -0.2) is 44.8 Å². The topological polar surface area (TPSA) is 50.7 Å². The Labute approximate surface area is 80.2 Å². The Balaban J connectivity index is 2.97. The van der Waals surface area contributed by atoms with Crippen LogP contribution >= 0.6 is 0 Å². The lowest BCUT2D eigenvalue weighted by Crippen LogP contribution is -2.28. The summed E-state index contributed by atoms with van der Waals surface area (Å²) in [5.41, 5.74) is 0. The van der Waals surface area contributed by atoms with Crippen LogP contribution in [0.3, 0.4) is 0 Å². The molecule has 0 fully saturated rings. The third-order valence-electron chi connectivity index (χ3n) is 1.64. The summed E-state index contributed by atoms with van der Waals surface area (Å²) in [5.74, 6) is 0. The molecule has 4 heteroatoms. The van der Waals surface area contributed by atoms with Gasteiger partial charge in [0.15, 0.2) is 0 Å². The zero-order valence-electron chi connectivity index (χ0n) is 8.58. The standard InChI is InChI=1S/C9H21NO3/c1-3-10-9(11)5-4-6-13-8-7-12-2/h9-11H,3-8H2,1-2H3.